The minimum absolute atomic E-state index is 0. The molecular weight excluding hydrogens is 482 g/mol. The molecule has 0 radical (unpaired) electrons. The molecule has 0 spiro atoms. The second-order valence-electron chi connectivity index (χ2n) is 3.25. The molecule has 0 fully saturated rings. The van der Waals surface area contributed by atoms with Gasteiger partial charge in [0.25, 0.3) is 0 Å². The Bertz CT molecular complexity index is 535. The van der Waals surface area contributed by atoms with E-state index in [2.05, 4.69) is 29.9 Å². The molecule has 8 heteroatoms. The van der Waals surface area contributed by atoms with Gasteiger partial charge < -0.3 is 0 Å². The summed E-state index contributed by atoms with van der Waals surface area (Å²) in [6.07, 6.45) is 6.62. The van der Waals surface area contributed by atoms with Crippen molar-refractivity contribution in [3.8, 4) is 0 Å². The molecule has 0 amide bonds. The normalized spacial score (nSPS) is 8.60. The molecule has 0 saturated carbocycles. The summed E-state index contributed by atoms with van der Waals surface area (Å²) in [4.78, 5) is 24.6. The molecule has 0 N–H and O–H groups in total. The van der Waals surface area contributed by atoms with Crippen molar-refractivity contribution in [2.24, 2.45) is 9.98 Å². The van der Waals surface area contributed by atoms with E-state index in [0.29, 0.717) is 24.3 Å². The van der Waals surface area contributed by atoms with Crippen LogP contribution >= 0.6 is 48.0 Å². The van der Waals surface area contributed by atoms with E-state index in [0.717, 1.165) is 0 Å². The first-order chi connectivity index (χ1) is 8.95. The molecule has 2 rings (SSSR count). The van der Waals surface area contributed by atoms with Gasteiger partial charge in [0.15, 0.2) is 0 Å². The largest absolute Gasteiger partial charge is 0.247 e. The van der Waals surface area contributed by atoms with E-state index in [-0.39, 0.29) is 48.0 Å². The fourth-order valence-electron chi connectivity index (χ4n) is 1.17. The van der Waals surface area contributed by atoms with Gasteiger partial charge in [0.05, 0.1) is 13.1 Å². The zero-order valence-corrected chi connectivity index (χ0v) is 15.2. The Labute approximate surface area is 150 Å². The topological polar surface area (TPSA) is 76.3 Å². The number of hydrogen-bond acceptors (Lipinski definition) is 6. The first-order valence-corrected chi connectivity index (χ1v) is 5.51. The summed E-state index contributed by atoms with van der Waals surface area (Å²) in [7, 11) is 0. The zero-order valence-electron chi connectivity index (χ0n) is 10.5. The first kappa shape index (κ1) is 19.0. The maximum absolute atomic E-state index is 4.21. The first-order valence-electron chi connectivity index (χ1n) is 5.51. The van der Waals surface area contributed by atoms with Gasteiger partial charge in [0.2, 0.25) is 11.2 Å². The van der Waals surface area contributed by atoms with E-state index >= 15 is 0 Å². The van der Waals surface area contributed by atoms with Gasteiger partial charge in [-0.2, -0.15) is 0 Å². The van der Waals surface area contributed by atoms with Crippen molar-refractivity contribution in [3.05, 3.63) is 60.3 Å². The van der Waals surface area contributed by atoms with Crippen LogP contribution in [0.2, 0.25) is 0 Å². The smallest absolute Gasteiger partial charge is 0.244 e. The van der Waals surface area contributed by atoms with Crippen LogP contribution < -0.4 is 11.2 Å². The van der Waals surface area contributed by atoms with E-state index in [4.69, 9.17) is 0 Å². The van der Waals surface area contributed by atoms with Gasteiger partial charge in [-0.15, -0.1) is 48.0 Å². The van der Waals surface area contributed by atoms with E-state index < -0.39 is 0 Å². The lowest BCUT2D eigenvalue weighted by Crippen LogP contribution is -2.13. The minimum atomic E-state index is 0. The molecule has 106 valence electrons. The summed E-state index contributed by atoms with van der Waals surface area (Å²) < 4.78 is 0. The highest BCUT2D eigenvalue weighted by Gasteiger charge is 1.83. The van der Waals surface area contributed by atoms with Crippen LogP contribution in [0.25, 0.3) is 0 Å². The van der Waals surface area contributed by atoms with Crippen LogP contribution in [0.3, 0.4) is 0 Å². The molecule has 0 saturated heterocycles. The number of halogens is 2. The van der Waals surface area contributed by atoms with Crippen LogP contribution in [0.1, 0.15) is 0 Å². The van der Waals surface area contributed by atoms with Crippen LogP contribution in [-0.2, 0) is 0 Å². The van der Waals surface area contributed by atoms with Crippen molar-refractivity contribution in [2.45, 2.75) is 0 Å². The lowest BCUT2D eigenvalue weighted by Gasteiger charge is -1.85. The number of hydrogen-bond donors (Lipinski definition) is 0. The SMILES string of the molecule is I.I.c1ccnc(=NCCN=c2nccccn2)nc1. The minimum Gasteiger partial charge on any atom is -0.247 e. The molecule has 0 bridgehead atoms. The molecule has 0 aliphatic carbocycles. The van der Waals surface area contributed by atoms with Crippen LogP contribution in [0.4, 0.5) is 0 Å². The third-order valence-electron chi connectivity index (χ3n) is 1.93. The Hall–Kier alpha value is -1.04. The highest BCUT2D eigenvalue weighted by atomic mass is 127. The van der Waals surface area contributed by atoms with Gasteiger partial charge in [-0.25, -0.2) is 29.9 Å². The van der Waals surface area contributed by atoms with Gasteiger partial charge >= 0.3 is 0 Å². The number of aromatic nitrogens is 4. The van der Waals surface area contributed by atoms with Gasteiger partial charge in [-0.1, -0.05) is 0 Å². The van der Waals surface area contributed by atoms with Crippen molar-refractivity contribution in [1.82, 2.24) is 19.9 Å². The molecule has 2 heterocycles. The predicted molar refractivity (Wildman–Crippen MR) is 95.8 cm³/mol. The molecule has 0 aromatic carbocycles. The van der Waals surface area contributed by atoms with Crippen molar-refractivity contribution >= 4 is 48.0 Å². The Kier molecular flexibility index (Phi) is 11.1. The van der Waals surface area contributed by atoms with Crippen LogP contribution in [-0.4, -0.2) is 33.0 Å². The molecule has 0 atom stereocenters. The standard InChI is InChI=1S/C12H12N6.2HI/c1-2-6-14-11(13-5-1)17-9-10-18-12-15-7-3-4-8-16-12;;/h1-8H,9-10H2;2*1H. The quantitative estimate of drug-likeness (QED) is 0.470. The molecule has 0 aliphatic rings. The van der Waals surface area contributed by atoms with Crippen molar-refractivity contribution in [2.75, 3.05) is 13.1 Å². The Morgan fingerprint density at radius 1 is 0.600 bits per heavy atom. The third-order valence-corrected chi connectivity index (χ3v) is 1.93. The summed E-state index contributed by atoms with van der Waals surface area (Å²) in [5, 5.41) is 0. The Balaban J connectivity index is 0.00000180. The number of nitrogens with zero attached hydrogens (tertiary/aromatic N) is 6. The highest BCUT2D eigenvalue weighted by Crippen LogP contribution is 1.72. The van der Waals surface area contributed by atoms with Crippen LogP contribution in [0.15, 0.2) is 59.0 Å². The average molecular weight is 496 g/mol. The van der Waals surface area contributed by atoms with E-state index in [1.165, 1.54) is 0 Å². The van der Waals surface area contributed by atoms with Crippen molar-refractivity contribution in [1.29, 1.82) is 0 Å². The van der Waals surface area contributed by atoms with Gasteiger partial charge in [0, 0.05) is 24.8 Å². The van der Waals surface area contributed by atoms with E-state index in [1.807, 2.05) is 0 Å². The Morgan fingerprint density at radius 2 is 0.900 bits per heavy atom. The van der Waals surface area contributed by atoms with Crippen LogP contribution in [0.5, 0.6) is 0 Å². The van der Waals surface area contributed by atoms with Crippen molar-refractivity contribution in [3.63, 3.8) is 0 Å². The summed E-state index contributed by atoms with van der Waals surface area (Å²) in [5.74, 6) is 0. The fraction of sp³-hybridized carbons (Fsp3) is 0.167. The monoisotopic (exact) mass is 496 g/mol. The fourth-order valence-corrected chi connectivity index (χ4v) is 1.17. The Morgan fingerprint density at radius 3 is 1.20 bits per heavy atom. The number of rotatable bonds is 3. The third kappa shape index (κ3) is 7.53. The second kappa shape index (κ2) is 11.8. The molecule has 2 aromatic heterocycles. The maximum atomic E-state index is 4.21. The lowest BCUT2D eigenvalue weighted by atomic mass is 10.6. The van der Waals surface area contributed by atoms with E-state index in [9.17, 15) is 0 Å². The molecule has 0 aliphatic heterocycles. The highest BCUT2D eigenvalue weighted by molar-refractivity contribution is 14.0. The zero-order chi connectivity index (χ0) is 12.5. The van der Waals surface area contributed by atoms with Gasteiger partial charge in [0.1, 0.15) is 0 Å². The maximum Gasteiger partial charge on any atom is 0.244 e. The summed E-state index contributed by atoms with van der Waals surface area (Å²) in [5.41, 5.74) is 0.907. The molecule has 20 heavy (non-hydrogen) atoms. The lowest BCUT2D eigenvalue weighted by molar-refractivity contribution is 0.846. The van der Waals surface area contributed by atoms with Gasteiger partial charge in [-0.05, 0) is 24.3 Å². The van der Waals surface area contributed by atoms with Crippen LogP contribution in [0, 0.1) is 0 Å². The second-order valence-corrected chi connectivity index (χ2v) is 3.25. The molecule has 0 unspecified atom stereocenters. The summed E-state index contributed by atoms with van der Waals surface area (Å²) in [6.45, 7) is 1.01. The summed E-state index contributed by atoms with van der Waals surface area (Å²) >= 11 is 0. The molecule has 6 nitrogen and oxygen atoms in total. The molecule has 2 aromatic rings. The average Bonchev–Trinajstić information content (AvgIpc) is 2.79. The van der Waals surface area contributed by atoms with Gasteiger partial charge in [-0.3, -0.25) is 0 Å². The summed E-state index contributed by atoms with van der Waals surface area (Å²) in [6, 6.07) is 7.20. The molecular formula is C12H14I2N6. The predicted octanol–water partition coefficient (Wildman–Crippen LogP) is 1.00. The van der Waals surface area contributed by atoms with Crippen molar-refractivity contribution < 1.29 is 0 Å². The van der Waals surface area contributed by atoms with E-state index in [1.54, 1.807) is 49.1 Å².